The van der Waals surface area contributed by atoms with E-state index in [1.165, 1.54) is 0 Å². The molecule has 0 unspecified atom stereocenters. The standard InChI is InChI=1S/C18H21N3OS/c1-14-6-5-9-19-17(14)20-18(22)16(15-7-3-2-4-8-15)21-10-12-23-13-11-21/h2-9,16H,10-13H2,1H3,(H,19,20,22)/t16-/m0/s1. The lowest BCUT2D eigenvalue weighted by Crippen LogP contribution is -2.42. The number of amides is 1. The van der Waals surface area contributed by atoms with Gasteiger partial charge in [0, 0.05) is 30.8 Å². The first-order chi connectivity index (χ1) is 11.3. The number of rotatable bonds is 4. The first kappa shape index (κ1) is 16.0. The molecule has 1 amide bonds. The van der Waals surface area contributed by atoms with E-state index in [1.807, 2.05) is 61.2 Å². The summed E-state index contributed by atoms with van der Waals surface area (Å²) >= 11 is 1.94. The molecular formula is C18H21N3OS. The molecule has 1 atom stereocenters. The van der Waals surface area contributed by atoms with Crippen molar-refractivity contribution >= 4 is 23.5 Å². The van der Waals surface area contributed by atoms with Crippen LogP contribution in [-0.4, -0.2) is 40.4 Å². The predicted octanol–water partition coefficient (Wildman–Crippen LogP) is 3.12. The molecule has 1 aliphatic rings. The smallest absolute Gasteiger partial charge is 0.247 e. The third-order valence-electron chi connectivity index (χ3n) is 4.03. The van der Waals surface area contributed by atoms with Gasteiger partial charge in [-0.3, -0.25) is 9.69 Å². The third-order valence-corrected chi connectivity index (χ3v) is 4.97. The number of aromatic nitrogens is 1. The Balaban J connectivity index is 1.85. The molecule has 23 heavy (non-hydrogen) atoms. The molecule has 3 rings (SSSR count). The molecule has 1 aromatic carbocycles. The first-order valence-corrected chi connectivity index (χ1v) is 9.00. The van der Waals surface area contributed by atoms with Crippen LogP contribution in [0.15, 0.2) is 48.7 Å². The Morgan fingerprint density at radius 1 is 1.17 bits per heavy atom. The second kappa shape index (κ2) is 7.62. The summed E-state index contributed by atoms with van der Waals surface area (Å²) in [5, 5.41) is 3.01. The summed E-state index contributed by atoms with van der Waals surface area (Å²) in [5.41, 5.74) is 2.01. The van der Waals surface area contributed by atoms with E-state index in [0.717, 1.165) is 35.7 Å². The third kappa shape index (κ3) is 3.92. The molecule has 0 bridgehead atoms. The van der Waals surface area contributed by atoms with Crippen molar-refractivity contribution in [3.05, 3.63) is 59.8 Å². The SMILES string of the molecule is Cc1cccnc1NC(=O)[C@H](c1ccccc1)N1CCSCC1. The molecule has 5 heteroatoms. The van der Waals surface area contributed by atoms with Gasteiger partial charge in [0.05, 0.1) is 0 Å². The zero-order valence-electron chi connectivity index (χ0n) is 13.2. The molecule has 2 aromatic rings. The molecule has 1 fully saturated rings. The average Bonchev–Trinajstić information content (AvgIpc) is 2.59. The summed E-state index contributed by atoms with van der Waals surface area (Å²) in [6.07, 6.45) is 1.71. The van der Waals surface area contributed by atoms with E-state index in [9.17, 15) is 4.79 Å². The number of aryl methyl sites for hydroxylation is 1. The van der Waals surface area contributed by atoms with Crippen LogP contribution >= 0.6 is 11.8 Å². The number of carbonyl (C=O) groups excluding carboxylic acids is 1. The first-order valence-electron chi connectivity index (χ1n) is 7.85. The van der Waals surface area contributed by atoms with Crippen molar-refractivity contribution in [2.24, 2.45) is 0 Å². The Bertz CT molecular complexity index is 656. The van der Waals surface area contributed by atoms with Crippen LogP contribution in [0.4, 0.5) is 5.82 Å². The highest BCUT2D eigenvalue weighted by Crippen LogP contribution is 2.26. The van der Waals surface area contributed by atoms with Crippen molar-refractivity contribution in [3.63, 3.8) is 0 Å². The molecular weight excluding hydrogens is 306 g/mol. The lowest BCUT2D eigenvalue weighted by molar-refractivity contribution is -0.121. The maximum Gasteiger partial charge on any atom is 0.247 e. The predicted molar refractivity (Wildman–Crippen MR) is 95.7 cm³/mol. The van der Waals surface area contributed by atoms with Crippen LogP contribution in [0.25, 0.3) is 0 Å². The topological polar surface area (TPSA) is 45.2 Å². The Labute approximate surface area is 141 Å². The molecule has 0 spiro atoms. The Hall–Kier alpha value is -1.85. The lowest BCUT2D eigenvalue weighted by Gasteiger charge is -2.33. The highest BCUT2D eigenvalue weighted by Gasteiger charge is 2.29. The van der Waals surface area contributed by atoms with Crippen molar-refractivity contribution in [1.82, 2.24) is 9.88 Å². The van der Waals surface area contributed by atoms with Gasteiger partial charge >= 0.3 is 0 Å². The quantitative estimate of drug-likeness (QED) is 0.937. The van der Waals surface area contributed by atoms with Crippen LogP contribution in [0, 0.1) is 6.92 Å². The Morgan fingerprint density at radius 2 is 1.91 bits per heavy atom. The zero-order chi connectivity index (χ0) is 16.1. The summed E-state index contributed by atoms with van der Waals surface area (Å²) < 4.78 is 0. The van der Waals surface area contributed by atoms with E-state index < -0.39 is 0 Å². The molecule has 2 heterocycles. The summed E-state index contributed by atoms with van der Waals surface area (Å²) in [7, 11) is 0. The summed E-state index contributed by atoms with van der Waals surface area (Å²) in [4.78, 5) is 19.5. The van der Waals surface area contributed by atoms with Gasteiger partial charge in [0.1, 0.15) is 11.9 Å². The molecule has 0 radical (unpaired) electrons. The van der Waals surface area contributed by atoms with E-state index in [-0.39, 0.29) is 11.9 Å². The number of anilines is 1. The van der Waals surface area contributed by atoms with E-state index in [1.54, 1.807) is 6.20 Å². The number of thioether (sulfide) groups is 1. The van der Waals surface area contributed by atoms with Gasteiger partial charge < -0.3 is 5.32 Å². The molecule has 4 nitrogen and oxygen atoms in total. The van der Waals surface area contributed by atoms with Gasteiger partial charge in [-0.25, -0.2) is 4.98 Å². The minimum absolute atomic E-state index is 0.00935. The van der Waals surface area contributed by atoms with Crippen LogP contribution < -0.4 is 5.32 Å². The maximum absolute atomic E-state index is 13.0. The van der Waals surface area contributed by atoms with Crippen LogP contribution in [0.5, 0.6) is 0 Å². The number of carbonyl (C=O) groups is 1. The number of pyridine rings is 1. The summed E-state index contributed by atoms with van der Waals surface area (Å²) in [5.74, 6) is 2.77. The van der Waals surface area contributed by atoms with Crippen molar-refractivity contribution in [3.8, 4) is 0 Å². The fraction of sp³-hybridized carbons (Fsp3) is 0.333. The molecule has 1 N–H and O–H groups in total. The molecule has 0 saturated carbocycles. The van der Waals surface area contributed by atoms with Gasteiger partial charge in [0.2, 0.25) is 5.91 Å². The van der Waals surface area contributed by atoms with Crippen molar-refractivity contribution in [1.29, 1.82) is 0 Å². The monoisotopic (exact) mass is 327 g/mol. The van der Waals surface area contributed by atoms with Gasteiger partial charge in [-0.15, -0.1) is 0 Å². The van der Waals surface area contributed by atoms with E-state index in [2.05, 4.69) is 15.2 Å². The van der Waals surface area contributed by atoms with Crippen molar-refractivity contribution < 1.29 is 4.79 Å². The minimum Gasteiger partial charge on any atom is -0.309 e. The van der Waals surface area contributed by atoms with Gasteiger partial charge in [-0.05, 0) is 24.1 Å². The van der Waals surface area contributed by atoms with E-state index in [4.69, 9.17) is 0 Å². The number of benzene rings is 1. The van der Waals surface area contributed by atoms with Crippen molar-refractivity contribution in [2.75, 3.05) is 29.9 Å². The van der Waals surface area contributed by atoms with E-state index in [0.29, 0.717) is 5.82 Å². The van der Waals surface area contributed by atoms with Crippen LogP contribution in [0.1, 0.15) is 17.2 Å². The Kier molecular flexibility index (Phi) is 5.31. The highest BCUT2D eigenvalue weighted by molar-refractivity contribution is 7.99. The fourth-order valence-corrected chi connectivity index (χ4v) is 3.73. The van der Waals surface area contributed by atoms with Crippen LogP contribution in [0.2, 0.25) is 0 Å². The van der Waals surface area contributed by atoms with Gasteiger partial charge in [-0.2, -0.15) is 11.8 Å². The number of nitrogens with one attached hydrogen (secondary N) is 1. The Morgan fingerprint density at radius 3 is 2.61 bits per heavy atom. The highest BCUT2D eigenvalue weighted by atomic mass is 32.2. The summed E-state index contributed by atoms with van der Waals surface area (Å²) in [6.45, 7) is 3.81. The van der Waals surface area contributed by atoms with Gasteiger partial charge in [0.25, 0.3) is 0 Å². The minimum atomic E-state index is -0.265. The molecule has 1 saturated heterocycles. The second-order valence-corrected chi connectivity index (χ2v) is 6.84. The second-order valence-electron chi connectivity index (χ2n) is 5.62. The number of hydrogen-bond donors (Lipinski definition) is 1. The van der Waals surface area contributed by atoms with Crippen LogP contribution in [0.3, 0.4) is 0 Å². The molecule has 1 aromatic heterocycles. The molecule has 120 valence electrons. The lowest BCUT2D eigenvalue weighted by atomic mass is 10.0. The average molecular weight is 327 g/mol. The zero-order valence-corrected chi connectivity index (χ0v) is 14.1. The largest absolute Gasteiger partial charge is 0.309 e. The molecule has 0 aliphatic carbocycles. The fourth-order valence-electron chi connectivity index (χ4n) is 2.80. The normalized spacial score (nSPS) is 16.7. The van der Waals surface area contributed by atoms with Crippen LogP contribution in [-0.2, 0) is 4.79 Å². The number of hydrogen-bond acceptors (Lipinski definition) is 4. The maximum atomic E-state index is 13.0. The molecule has 1 aliphatic heterocycles. The summed E-state index contributed by atoms with van der Waals surface area (Å²) in [6, 6.07) is 13.6. The van der Waals surface area contributed by atoms with Gasteiger partial charge in [-0.1, -0.05) is 36.4 Å². The van der Waals surface area contributed by atoms with Crippen molar-refractivity contribution in [2.45, 2.75) is 13.0 Å². The van der Waals surface area contributed by atoms with Gasteiger partial charge in [0.15, 0.2) is 0 Å². The number of nitrogens with zero attached hydrogens (tertiary/aromatic N) is 2. The van der Waals surface area contributed by atoms with E-state index >= 15 is 0 Å².